The number of halogens is 1. The van der Waals surface area contributed by atoms with E-state index in [1.807, 2.05) is 6.07 Å². The van der Waals surface area contributed by atoms with E-state index in [4.69, 9.17) is 5.73 Å². The number of aromatic nitrogens is 2. The molecule has 0 amide bonds. The van der Waals surface area contributed by atoms with Crippen molar-refractivity contribution in [3.8, 4) is 0 Å². The Morgan fingerprint density at radius 3 is 2.64 bits per heavy atom. The first-order chi connectivity index (χ1) is 6.25. The molecule has 1 aromatic rings. The average Bonchev–Trinajstić information content (AvgIpc) is 2.53. The molecule has 0 aliphatic carbocycles. The minimum atomic E-state index is 0. The van der Waals surface area contributed by atoms with Crippen molar-refractivity contribution in [2.75, 3.05) is 25.9 Å². The fraction of sp³-hybridized carbons (Fsp3) is 0.667. The smallest absolute Gasteiger partial charge is 0.145 e. The van der Waals surface area contributed by atoms with Crippen LogP contribution in [0.25, 0.3) is 0 Å². The van der Waals surface area contributed by atoms with Gasteiger partial charge in [-0.1, -0.05) is 0 Å². The second kappa shape index (κ2) is 4.66. The Kier molecular flexibility index (Phi) is 3.77. The fourth-order valence-electron chi connectivity index (χ4n) is 1.88. The van der Waals surface area contributed by atoms with Gasteiger partial charge in [0.25, 0.3) is 0 Å². The molecule has 5 heteroatoms. The highest BCUT2D eigenvalue weighted by molar-refractivity contribution is 5.85. The minimum Gasteiger partial charge on any atom is -0.382 e. The number of hydrogen-bond donors (Lipinski definition) is 2. The van der Waals surface area contributed by atoms with Crippen LogP contribution in [0.4, 0.5) is 5.82 Å². The molecule has 2 heterocycles. The number of nitrogen functional groups attached to an aromatic ring is 1. The normalized spacial score (nSPS) is 19.2. The molecule has 0 spiro atoms. The third-order valence-corrected chi connectivity index (χ3v) is 2.78. The zero-order valence-corrected chi connectivity index (χ0v) is 9.18. The van der Waals surface area contributed by atoms with Gasteiger partial charge >= 0.3 is 0 Å². The number of hydrogen-bond acceptors (Lipinski definition) is 3. The maximum atomic E-state index is 5.56. The zero-order valence-electron chi connectivity index (χ0n) is 8.36. The number of H-pyrrole nitrogens is 1. The van der Waals surface area contributed by atoms with Crippen LogP contribution >= 0.6 is 12.4 Å². The van der Waals surface area contributed by atoms with Crippen LogP contribution < -0.4 is 5.73 Å². The van der Waals surface area contributed by atoms with Crippen molar-refractivity contribution in [1.29, 1.82) is 0 Å². The molecule has 0 unspecified atom stereocenters. The van der Waals surface area contributed by atoms with Gasteiger partial charge in [-0.15, -0.1) is 12.4 Å². The summed E-state index contributed by atoms with van der Waals surface area (Å²) in [6.07, 6.45) is 2.41. The van der Waals surface area contributed by atoms with Crippen molar-refractivity contribution in [1.82, 2.24) is 15.1 Å². The number of likely N-dealkylation sites (tertiary alicyclic amines) is 1. The molecule has 2 rings (SSSR count). The predicted octanol–water partition coefficient (Wildman–Crippen LogP) is 1.22. The lowest BCUT2D eigenvalue weighted by molar-refractivity contribution is 0.253. The van der Waals surface area contributed by atoms with Crippen LogP contribution in [0, 0.1) is 0 Å². The van der Waals surface area contributed by atoms with E-state index < -0.39 is 0 Å². The van der Waals surface area contributed by atoms with E-state index >= 15 is 0 Å². The Hall–Kier alpha value is -0.740. The number of nitrogens with one attached hydrogen (secondary N) is 1. The van der Waals surface area contributed by atoms with Crippen molar-refractivity contribution in [3.05, 3.63) is 11.8 Å². The number of nitrogens with two attached hydrogens (primary N) is 1. The molecule has 1 fully saturated rings. The third-order valence-electron chi connectivity index (χ3n) is 2.78. The van der Waals surface area contributed by atoms with Gasteiger partial charge in [0.1, 0.15) is 5.82 Å². The summed E-state index contributed by atoms with van der Waals surface area (Å²) >= 11 is 0. The summed E-state index contributed by atoms with van der Waals surface area (Å²) in [4.78, 5) is 2.36. The lowest BCUT2D eigenvalue weighted by atomic mass is 9.94. The summed E-state index contributed by atoms with van der Waals surface area (Å²) in [5.74, 6) is 1.23. The molecule has 0 radical (unpaired) electrons. The van der Waals surface area contributed by atoms with Gasteiger partial charge in [0.05, 0.1) is 0 Å². The van der Waals surface area contributed by atoms with Crippen molar-refractivity contribution in [3.63, 3.8) is 0 Å². The standard InChI is InChI=1S/C9H16N4.ClH/c1-13-4-2-7(3-5-13)8-6-9(10)12-11-8;/h6-7H,2-5H2,1H3,(H3,10,11,12);1H. The molecular weight excluding hydrogens is 200 g/mol. The summed E-state index contributed by atoms with van der Waals surface area (Å²) in [5, 5.41) is 6.95. The monoisotopic (exact) mass is 216 g/mol. The van der Waals surface area contributed by atoms with Crippen LogP contribution in [-0.4, -0.2) is 35.2 Å². The van der Waals surface area contributed by atoms with Crippen LogP contribution in [0.1, 0.15) is 24.5 Å². The maximum Gasteiger partial charge on any atom is 0.145 e. The molecular formula is C9H17ClN4. The lowest BCUT2D eigenvalue weighted by Crippen LogP contribution is -2.29. The molecule has 1 aliphatic rings. The van der Waals surface area contributed by atoms with Gasteiger partial charge in [-0.25, -0.2) is 0 Å². The van der Waals surface area contributed by atoms with Gasteiger partial charge in [0, 0.05) is 17.7 Å². The van der Waals surface area contributed by atoms with E-state index in [1.165, 1.54) is 31.6 Å². The van der Waals surface area contributed by atoms with E-state index in [9.17, 15) is 0 Å². The largest absolute Gasteiger partial charge is 0.382 e. The van der Waals surface area contributed by atoms with Crippen molar-refractivity contribution in [2.24, 2.45) is 0 Å². The lowest BCUT2D eigenvalue weighted by Gasteiger charge is -2.27. The molecule has 1 saturated heterocycles. The van der Waals surface area contributed by atoms with E-state index in [-0.39, 0.29) is 12.4 Å². The first kappa shape index (κ1) is 11.3. The van der Waals surface area contributed by atoms with Crippen LogP contribution in [0.2, 0.25) is 0 Å². The van der Waals surface area contributed by atoms with Crippen molar-refractivity contribution >= 4 is 18.2 Å². The first-order valence-electron chi connectivity index (χ1n) is 4.75. The first-order valence-corrected chi connectivity index (χ1v) is 4.75. The van der Waals surface area contributed by atoms with E-state index in [0.717, 1.165) is 0 Å². The van der Waals surface area contributed by atoms with Crippen LogP contribution in [-0.2, 0) is 0 Å². The molecule has 14 heavy (non-hydrogen) atoms. The van der Waals surface area contributed by atoms with Gasteiger partial charge in [-0.05, 0) is 33.0 Å². The Balaban J connectivity index is 0.000000980. The molecule has 1 aromatic heterocycles. The number of anilines is 1. The number of nitrogens with zero attached hydrogens (tertiary/aromatic N) is 2. The van der Waals surface area contributed by atoms with Gasteiger partial charge in [0.2, 0.25) is 0 Å². The Morgan fingerprint density at radius 1 is 1.50 bits per heavy atom. The minimum absolute atomic E-state index is 0. The van der Waals surface area contributed by atoms with Gasteiger partial charge in [-0.2, -0.15) is 5.10 Å². The Labute approximate surface area is 90.3 Å². The van der Waals surface area contributed by atoms with Gasteiger partial charge in [-0.3, -0.25) is 5.10 Å². The van der Waals surface area contributed by atoms with Crippen molar-refractivity contribution in [2.45, 2.75) is 18.8 Å². The SMILES string of the molecule is CN1CCC(c2cc(N)n[nH]2)CC1.Cl. The molecule has 0 aromatic carbocycles. The topological polar surface area (TPSA) is 57.9 Å². The number of rotatable bonds is 1. The van der Waals surface area contributed by atoms with Crippen LogP contribution in [0.15, 0.2) is 6.07 Å². The summed E-state index contributed by atoms with van der Waals surface area (Å²) < 4.78 is 0. The highest BCUT2D eigenvalue weighted by Crippen LogP contribution is 2.26. The zero-order chi connectivity index (χ0) is 9.26. The summed E-state index contributed by atoms with van der Waals surface area (Å²) in [5.41, 5.74) is 6.76. The second-order valence-corrected chi connectivity index (χ2v) is 3.83. The van der Waals surface area contributed by atoms with E-state index in [0.29, 0.717) is 11.7 Å². The highest BCUT2D eigenvalue weighted by Gasteiger charge is 2.19. The molecule has 80 valence electrons. The third kappa shape index (κ3) is 2.39. The average molecular weight is 217 g/mol. The van der Waals surface area contributed by atoms with Crippen molar-refractivity contribution < 1.29 is 0 Å². The second-order valence-electron chi connectivity index (χ2n) is 3.83. The number of piperidine rings is 1. The summed E-state index contributed by atoms with van der Waals surface area (Å²) in [6.45, 7) is 2.34. The quantitative estimate of drug-likeness (QED) is 0.742. The van der Waals surface area contributed by atoms with Gasteiger partial charge in [0.15, 0.2) is 0 Å². The van der Waals surface area contributed by atoms with Gasteiger partial charge < -0.3 is 10.6 Å². The predicted molar refractivity (Wildman–Crippen MR) is 59.7 cm³/mol. The molecule has 4 nitrogen and oxygen atoms in total. The molecule has 3 N–H and O–H groups in total. The van der Waals surface area contributed by atoms with E-state index in [2.05, 4.69) is 22.1 Å². The van der Waals surface area contributed by atoms with E-state index in [1.54, 1.807) is 0 Å². The highest BCUT2D eigenvalue weighted by atomic mass is 35.5. The Bertz CT molecular complexity index is 278. The molecule has 1 aliphatic heterocycles. The maximum absolute atomic E-state index is 5.56. The molecule has 0 bridgehead atoms. The van der Waals surface area contributed by atoms with Crippen LogP contribution in [0.3, 0.4) is 0 Å². The number of aromatic amines is 1. The Morgan fingerprint density at radius 2 is 2.14 bits per heavy atom. The molecule has 0 saturated carbocycles. The van der Waals surface area contributed by atoms with Crippen LogP contribution in [0.5, 0.6) is 0 Å². The summed E-state index contributed by atoms with van der Waals surface area (Å²) in [7, 11) is 2.16. The summed E-state index contributed by atoms with van der Waals surface area (Å²) in [6, 6.07) is 1.95. The fourth-order valence-corrected chi connectivity index (χ4v) is 1.88. The molecule has 0 atom stereocenters.